The Morgan fingerprint density at radius 1 is 1.53 bits per heavy atom. The number of hydrogen-bond donors (Lipinski definition) is 1. The van der Waals surface area contributed by atoms with Gasteiger partial charge in [-0.1, -0.05) is 11.6 Å². The molecule has 1 N–H and O–H groups in total. The molecule has 15 heavy (non-hydrogen) atoms. The van der Waals surface area contributed by atoms with Crippen molar-refractivity contribution in [3.63, 3.8) is 0 Å². The molecule has 0 amide bonds. The third-order valence-corrected chi connectivity index (χ3v) is 4.40. The number of pyridine rings is 1. The Balaban J connectivity index is 2.08. The molecule has 0 aromatic carbocycles. The standard InChI is InChI=1S/C9H11ClN2O2S/c10-8-2-1-4-11-9(8)12-7-3-5-15(13,14)6-7/h1-2,4,7H,3,5-6H2,(H,11,12). The van der Waals surface area contributed by atoms with E-state index in [1.54, 1.807) is 18.3 Å². The van der Waals surface area contributed by atoms with E-state index in [4.69, 9.17) is 11.6 Å². The first-order chi connectivity index (χ1) is 7.07. The van der Waals surface area contributed by atoms with Gasteiger partial charge in [-0.25, -0.2) is 13.4 Å². The number of sulfone groups is 1. The van der Waals surface area contributed by atoms with E-state index >= 15 is 0 Å². The van der Waals surface area contributed by atoms with Crippen LogP contribution in [0, 0.1) is 0 Å². The van der Waals surface area contributed by atoms with Crippen molar-refractivity contribution in [3.8, 4) is 0 Å². The van der Waals surface area contributed by atoms with Crippen LogP contribution < -0.4 is 5.32 Å². The molecule has 2 heterocycles. The van der Waals surface area contributed by atoms with Crippen LogP contribution in [0.2, 0.25) is 5.02 Å². The largest absolute Gasteiger partial charge is 0.365 e. The molecule has 1 saturated heterocycles. The van der Waals surface area contributed by atoms with Gasteiger partial charge < -0.3 is 5.32 Å². The second-order valence-electron chi connectivity index (χ2n) is 3.58. The van der Waals surface area contributed by atoms with E-state index in [1.165, 1.54) is 0 Å². The molecule has 6 heteroatoms. The molecule has 1 aliphatic rings. The first kappa shape index (κ1) is 10.7. The fourth-order valence-electron chi connectivity index (χ4n) is 1.59. The van der Waals surface area contributed by atoms with Crippen LogP contribution in [0.25, 0.3) is 0 Å². The first-order valence-electron chi connectivity index (χ1n) is 4.64. The second-order valence-corrected chi connectivity index (χ2v) is 6.21. The van der Waals surface area contributed by atoms with Crippen LogP contribution in [0.15, 0.2) is 18.3 Å². The van der Waals surface area contributed by atoms with E-state index in [9.17, 15) is 8.42 Å². The van der Waals surface area contributed by atoms with Crippen molar-refractivity contribution in [2.45, 2.75) is 12.5 Å². The summed E-state index contributed by atoms with van der Waals surface area (Å²) in [6, 6.07) is 3.39. The number of halogens is 1. The highest BCUT2D eigenvalue weighted by Gasteiger charge is 2.28. The lowest BCUT2D eigenvalue weighted by Gasteiger charge is -2.11. The summed E-state index contributed by atoms with van der Waals surface area (Å²) in [5.41, 5.74) is 0. The summed E-state index contributed by atoms with van der Waals surface area (Å²) in [5.74, 6) is 0.968. The van der Waals surface area contributed by atoms with E-state index in [-0.39, 0.29) is 17.5 Å². The minimum absolute atomic E-state index is 0.0672. The van der Waals surface area contributed by atoms with Crippen LogP contribution in [0.4, 0.5) is 5.82 Å². The highest BCUT2D eigenvalue weighted by atomic mass is 35.5. The fourth-order valence-corrected chi connectivity index (χ4v) is 3.44. The van der Waals surface area contributed by atoms with Gasteiger partial charge in [0.2, 0.25) is 0 Å². The summed E-state index contributed by atoms with van der Waals surface area (Å²) in [6.45, 7) is 0. The van der Waals surface area contributed by atoms with Gasteiger partial charge >= 0.3 is 0 Å². The molecule has 0 radical (unpaired) electrons. The predicted molar refractivity (Wildman–Crippen MR) is 59.9 cm³/mol. The molecule has 0 bridgehead atoms. The normalized spacial score (nSPS) is 23.9. The van der Waals surface area contributed by atoms with Crippen LogP contribution in [0.1, 0.15) is 6.42 Å². The minimum atomic E-state index is -2.86. The Morgan fingerprint density at radius 3 is 2.93 bits per heavy atom. The van der Waals surface area contributed by atoms with Gasteiger partial charge in [0.25, 0.3) is 0 Å². The summed E-state index contributed by atoms with van der Waals surface area (Å²) in [4.78, 5) is 4.05. The maximum Gasteiger partial charge on any atom is 0.152 e. The highest BCUT2D eigenvalue weighted by Crippen LogP contribution is 2.21. The van der Waals surface area contributed by atoms with Gasteiger partial charge in [-0.05, 0) is 18.6 Å². The van der Waals surface area contributed by atoms with Crippen LogP contribution in [0.5, 0.6) is 0 Å². The molecule has 1 unspecified atom stereocenters. The van der Waals surface area contributed by atoms with Crippen molar-refractivity contribution < 1.29 is 8.42 Å². The SMILES string of the molecule is O=S1(=O)CCC(Nc2ncccc2Cl)C1. The predicted octanol–water partition coefficient (Wildman–Crippen LogP) is 1.33. The van der Waals surface area contributed by atoms with Gasteiger partial charge in [-0.2, -0.15) is 0 Å². The van der Waals surface area contributed by atoms with E-state index < -0.39 is 9.84 Å². The Morgan fingerprint density at radius 2 is 2.33 bits per heavy atom. The van der Waals surface area contributed by atoms with Gasteiger partial charge in [-0.15, -0.1) is 0 Å². The van der Waals surface area contributed by atoms with Crippen molar-refractivity contribution >= 4 is 27.3 Å². The lowest BCUT2D eigenvalue weighted by molar-refractivity contribution is 0.602. The molecular formula is C9H11ClN2O2S. The Kier molecular flexibility index (Phi) is 2.84. The summed E-state index contributed by atoms with van der Waals surface area (Å²) in [5, 5.41) is 3.56. The van der Waals surface area contributed by atoms with Gasteiger partial charge in [-0.3, -0.25) is 0 Å². The molecular weight excluding hydrogens is 236 g/mol. The molecule has 4 nitrogen and oxygen atoms in total. The number of hydrogen-bond acceptors (Lipinski definition) is 4. The summed E-state index contributed by atoms with van der Waals surface area (Å²) in [6.07, 6.45) is 2.24. The van der Waals surface area contributed by atoms with Gasteiger partial charge in [0.1, 0.15) is 5.82 Å². The third-order valence-electron chi connectivity index (χ3n) is 2.33. The maximum absolute atomic E-state index is 11.2. The number of nitrogens with zero attached hydrogens (tertiary/aromatic N) is 1. The van der Waals surface area contributed by atoms with Crippen molar-refractivity contribution in [2.24, 2.45) is 0 Å². The van der Waals surface area contributed by atoms with Crippen LogP contribution in [0.3, 0.4) is 0 Å². The van der Waals surface area contributed by atoms with Crippen molar-refractivity contribution in [3.05, 3.63) is 23.4 Å². The first-order valence-corrected chi connectivity index (χ1v) is 6.84. The molecule has 1 aromatic rings. The third kappa shape index (κ3) is 2.60. The van der Waals surface area contributed by atoms with Crippen LogP contribution in [-0.4, -0.2) is 30.9 Å². The average Bonchev–Trinajstić information content (AvgIpc) is 2.50. The van der Waals surface area contributed by atoms with E-state index in [0.29, 0.717) is 17.3 Å². The molecule has 0 spiro atoms. The van der Waals surface area contributed by atoms with E-state index in [1.807, 2.05) is 0 Å². The molecule has 2 rings (SSSR count). The number of rotatable bonds is 2. The van der Waals surface area contributed by atoms with E-state index in [2.05, 4.69) is 10.3 Å². The molecule has 0 saturated carbocycles. The van der Waals surface area contributed by atoms with Crippen molar-refractivity contribution in [2.75, 3.05) is 16.8 Å². The van der Waals surface area contributed by atoms with Crippen LogP contribution in [-0.2, 0) is 9.84 Å². The van der Waals surface area contributed by atoms with Crippen molar-refractivity contribution in [1.82, 2.24) is 4.98 Å². The number of aromatic nitrogens is 1. The smallest absolute Gasteiger partial charge is 0.152 e. The Labute approximate surface area is 93.6 Å². The average molecular weight is 247 g/mol. The number of nitrogens with one attached hydrogen (secondary N) is 1. The van der Waals surface area contributed by atoms with Crippen molar-refractivity contribution in [1.29, 1.82) is 0 Å². The molecule has 82 valence electrons. The zero-order chi connectivity index (χ0) is 10.9. The molecule has 1 aliphatic heterocycles. The van der Waals surface area contributed by atoms with Gasteiger partial charge in [0.15, 0.2) is 9.84 Å². The van der Waals surface area contributed by atoms with Gasteiger partial charge in [0.05, 0.1) is 16.5 Å². The van der Waals surface area contributed by atoms with E-state index in [0.717, 1.165) is 0 Å². The highest BCUT2D eigenvalue weighted by molar-refractivity contribution is 7.91. The molecule has 1 fully saturated rings. The zero-order valence-electron chi connectivity index (χ0n) is 7.98. The summed E-state index contributed by atoms with van der Waals surface area (Å²) >= 11 is 5.90. The summed E-state index contributed by atoms with van der Waals surface area (Å²) in [7, 11) is -2.86. The fraction of sp³-hybridized carbons (Fsp3) is 0.444. The Hall–Kier alpha value is -0.810. The van der Waals surface area contributed by atoms with Crippen LogP contribution >= 0.6 is 11.6 Å². The molecule has 1 aromatic heterocycles. The second kappa shape index (κ2) is 3.98. The lowest BCUT2D eigenvalue weighted by Crippen LogP contribution is -2.21. The minimum Gasteiger partial charge on any atom is -0.365 e. The number of anilines is 1. The maximum atomic E-state index is 11.2. The summed E-state index contributed by atoms with van der Waals surface area (Å²) < 4.78 is 22.4. The van der Waals surface area contributed by atoms with Gasteiger partial charge in [0, 0.05) is 12.2 Å². The lowest BCUT2D eigenvalue weighted by atomic mass is 10.2. The monoisotopic (exact) mass is 246 g/mol. The Bertz CT molecular complexity index is 461. The quantitative estimate of drug-likeness (QED) is 0.856. The topological polar surface area (TPSA) is 59.1 Å². The zero-order valence-corrected chi connectivity index (χ0v) is 9.55. The molecule has 1 atom stereocenters. The molecule has 0 aliphatic carbocycles.